The second-order valence-corrected chi connectivity index (χ2v) is 3.65. The smallest absolute Gasteiger partial charge is 0.345 e. The Hall–Kier alpha value is -2.04. The zero-order valence-electron chi connectivity index (χ0n) is 9.55. The fraction of sp³-hybridized carbons (Fsp3) is 0.333. The van der Waals surface area contributed by atoms with Crippen molar-refractivity contribution in [3.05, 3.63) is 29.8 Å². The Kier molecular flexibility index (Phi) is 4.51. The minimum atomic E-state index is -1.13. The van der Waals surface area contributed by atoms with Crippen molar-refractivity contribution in [3.8, 4) is 0 Å². The highest BCUT2D eigenvalue weighted by molar-refractivity contribution is 5.79. The lowest BCUT2D eigenvalue weighted by atomic mass is 10.1. The summed E-state index contributed by atoms with van der Waals surface area (Å²) in [6.45, 7) is 1.65. The summed E-state index contributed by atoms with van der Waals surface area (Å²) in [7, 11) is 0. The third kappa shape index (κ3) is 4.14. The Bertz CT molecular complexity index is 417. The van der Waals surface area contributed by atoms with E-state index in [2.05, 4.69) is 0 Å². The molecule has 1 rings (SSSR count). The van der Waals surface area contributed by atoms with E-state index >= 15 is 0 Å². The molecule has 5 nitrogen and oxygen atoms in total. The van der Waals surface area contributed by atoms with Crippen molar-refractivity contribution in [2.24, 2.45) is 0 Å². The predicted molar refractivity (Wildman–Crippen MR) is 62.4 cm³/mol. The SMILES string of the molecule is CCC(OC(=O)Cc1cccc(N)c1)C(=O)O. The van der Waals surface area contributed by atoms with Crippen LogP contribution in [0.15, 0.2) is 24.3 Å². The van der Waals surface area contributed by atoms with Gasteiger partial charge in [-0.15, -0.1) is 0 Å². The van der Waals surface area contributed by atoms with Crippen LogP contribution in [-0.2, 0) is 20.7 Å². The molecule has 0 aliphatic rings. The molecule has 0 amide bonds. The van der Waals surface area contributed by atoms with Crippen LogP contribution >= 0.6 is 0 Å². The molecular weight excluding hydrogens is 222 g/mol. The van der Waals surface area contributed by atoms with Crippen LogP contribution in [0.5, 0.6) is 0 Å². The minimum Gasteiger partial charge on any atom is -0.479 e. The number of benzene rings is 1. The lowest BCUT2D eigenvalue weighted by Crippen LogP contribution is -2.26. The number of nitrogens with two attached hydrogens (primary N) is 1. The quantitative estimate of drug-likeness (QED) is 0.593. The number of esters is 1. The molecule has 92 valence electrons. The van der Waals surface area contributed by atoms with Gasteiger partial charge in [-0.2, -0.15) is 0 Å². The van der Waals surface area contributed by atoms with Crippen LogP contribution in [0, 0.1) is 0 Å². The van der Waals surface area contributed by atoms with E-state index in [4.69, 9.17) is 15.6 Å². The van der Waals surface area contributed by atoms with Crippen LogP contribution in [0.3, 0.4) is 0 Å². The van der Waals surface area contributed by atoms with Gasteiger partial charge >= 0.3 is 11.9 Å². The number of hydrogen-bond acceptors (Lipinski definition) is 4. The predicted octanol–water partition coefficient (Wildman–Crippen LogP) is 1.22. The summed E-state index contributed by atoms with van der Waals surface area (Å²) < 4.78 is 4.83. The number of anilines is 1. The number of carboxylic acid groups (broad SMARTS) is 1. The highest BCUT2D eigenvalue weighted by atomic mass is 16.6. The summed E-state index contributed by atoms with van der Waals surface area (Å²) in [5.41, 5.74) is 6.82. The molecule has 0 fully saturated rings. The van der Waals surface area contributed by atoms with Crippen LogP contribution < -0.4 is 5.73 Å². The Morgan fingerprint density at radius 1 is 1.47 bits per heavy atom. The highest BCUT2D eigenvalue weighted by Gasteiger charge is 2.19. The van der Waals surface area contributed by atoms with Gasteiger partial charge in [0.05, 0.1) is 6.42 Å². The average molecular weight is 237 g/mol. The standard InChI is InChI=1S/C12H15NO4/c1-2-10(12(15)16)17-11(14)7-8-4-3-5-9(13)6-8/h3-6,10H,2,7,13H2,1H3,(H,15,16). The van der Waals surface area contributed by atoms with Crippen LogP contribution in [0.25, 0.3) is 0 Å². The number of carboxylic acids is 1. The monoisotopic (exact) mass is 237 g/mol. The van der Waals surface area contributed by atoms with E-state index in [1.807, 2.05) is 0 Å². The molecule has 5 heteroatoms. The normalized spacial score (nSPS) is 11.8. The number of rotatable bonds is 5. The van der Waals surface area contributed by atoms with E-state index in [9.17, 15) is 9.59 Å². The third-order valence-electron chi connectivity index (χ3n) is 2.22. The molecule has 0 heterocycles. The number of carbonyl (C=O) groups is 2. The second-order valence-electron chi connectivity index (χ2n) is 3.65. The topological polar surface area (TPSA) is 89.6 Å². The summed E-state index contributed by atoms with van der Waals surface area (Å²) in [5, 5.41) is 8.74. The molecule has 0 aromatic heterocycles. The van der Waals surface area contributed by atoms with E-state index in [0.717, 1.165) is 0 Å². The van der Waals surface area contributed by atoms with Gasteiger partial charge in [-0.25, -0.2) is 4.79 Å². The zero-order chi connectivity index (χ0) is 12.8. The fourth-order valence-corrected chi connectivity index (χ4v) is 1.38. The molecule has 1 aromatic rings. The molecule has 0 saturated carbocycles. The Balaban J connectivity index is 2.58. The molecule has 0 aliphatic carbocycles. The van der Waals surface area contributed by atoms with Crippen LogP contribution in [0.2, 0.25) is 0 Å². The van der Waals surface area contributed by atoms with Crippen LogP contribution in [-0.4, -0.2) is 23.1 Å². The van der Waals surface area contributed by atoms with E-state index < -0.39 is 18.0 Å². The van der Waals surface area contributed by atoms with Crippen molar-refractivity contribution in [3.63, 3.8) is 0 Å². The molecule has 3 N–H and O–H groups in total. The summed E-state index contributed by atoms with van der Waals surface area (Å²) in [4.78, 5) is 22.1. The molecule has 1 atom stereocenters. The second kappa shape index (κ2) is 5.89. The number of aliphatic carboxylic acids is 1. The molecule has 0 radical (unpaired) electrons. The highest BCUT2D eigenvalue weighted by Crippen LogP contribution is 2.09. The molecule has 0 spiro atoms. The van der Waals surface area contributed by atoms with Gasteiger partial charge in [0.1, 0.15) is 0 Å². The Morgan fingerprint density at radius 2 is 2.18 bits per heavy atom. The largest absolute Gasteiger partial charge is 0.479 e. The number of nitrogen functional groups attached to an aromatic ring is 1. The Morgan fingerprint density at radius 3 is 2.71 bits per heavy atom. The van der Waals surface area contributed by atoms with Gasteiger partial charge in [0.2, 0.25) is 0 Å². The van der Waals surface area contributed by atoms with Crippen molar-refractivity contribution in [1.82, 2.24) is 0 Å². The van der Waals surface area contributed by atoms with E-state index in [0.29, 0.717) is 11.3 Å². The maximum absolute atomic E-state index is 11.5. The van der Waals surface area contributed by atoms with Crippen LogP contribution in [0.1, 0.15) is 18.9 Å². The maximum Gasteiger partial charge on any atom is 0.345 e. The molecule has 1 unspecified atom stereocenters. The summed E-state index contributed by atoms with van der Waals surface area (Å²) in [5.74, 6) is -1.70. The van der Waals surface area contributed by atoms with E-state index in [1.54, 1.807) is 31.2 Å². The first kappa shape index (κ1) is 13.0. The van der Waals surface area contributed by atoms with Crippen molar-refractivity contribution in [2.45, 2.75) is 25.9 Å². The summed E-state index contributed by atoms with van der Waals surface area (Å²) >= 11 is 0. The van der Waals surface area contributed by atoms with Crippen molar-refractivity contribution >= 4 is 17.6 Å². The minimum absolute atomic E-state index is 0.0226. The van der Waals surface area contributed by atoms with E-state index in [1.165, 1.54) is 0 Å². The number of hydrogen-bond donors (Lipinski definition) is 2. The van der Waals surface area contributed by atoms with E-state index in [-0.39, 0.29) is 12.8 Å². The zero-order valence-corrected chi connectivity index (χ0v) is 9.55. The average Bonchev–Trinajstić information content (AvgIpc) is 2.25. The molecule has 0 aliphatic heterocycles. The molecular formula is C12H15NO4. The van der Waals surface area contributed by atoms with Gasteiger partial charge in [-0.1, -0.05) is 19.1 Å². The van der Waals surface area contributed by atoms with Crippen molar-refractivity contribution < 1.29 is 19.4 Å². The maximum atomic E-state index is 11.5. The van der Waals surface area contributed by atoms with Gasteiger partial charge < -0.3 is 15.6 Å². The van der Waals surface area contributed by atoms with Gasteiger partial charge in [-0.3, -0.25) is 4.79 Å². The number of ether oxygens (including phenoxy) is 1. The third-order valence-corrected chi connectivity index (χ3v) is 2.22. The first-order chi connectivity index (χ1) is 8.02. The van der Waals surface area contributed by atoms with Gasteiger partial charge in [0, 0.05) is 5.69 Å². The van der Waals surface area contributed by atoms with Gasteiger partial charge in [-0.05, 0) is 24.1 Å². The van der Waals surface area contributed by atoms with Gasteiger partial charge in [0.15, 0.2) is 6.10 Å². The Labute approximate surface area is 99.2 Å². The first-order valence-corrected chi connectivity index (χ1v) is 5.29. The lowest BCUT2D eigenvalue weighted by molar-refractivity contribution is -0.163. The van der Waals surface area contributed by atoms with Crippen LogP contribution in [0.4, 0.5) is 5.69 Å². The molecule has 0 saturated heterocycles. The summed E-state index contributed by atoms with van der Waals surface area (Å²) in [6, 6.07) is 6.83. The summed E-state index contributed by atoms with van der Waals surface area (Å²) in [6.07, 6.45) is -0.809. The fourth-order valence-electron chi connectivity index (χ4n) is 1.38. The van der Waals surface area contributed by atoms with Crippen molar-refractivity contribution in [1.29, 1.82) is 0 Å². The first-order valence-electron chi connectivity index (χ1n) is 5.29. The molecule has 0 bridgehead atoms. The lowest BCUT2D eigenvalue weighted by Gasteiger charge is -2.11. The molecule has 1 aromatic carbocycles. The van der Waals surface area contributed by atoms with Crippen molar-refractivity contribution in [2.75, 3.05) is 5.73 Å². The van der Waals surface area contributed by atoms with Gasteiger partial charge in [0.25, 0.3) is 0 Å². The number of carbonyl (C=O) groups excluding carboxylic acids is 1. The molecule has 17 heavy (non-hydrogen) atoms.